The highest BCUT2D eigenvalue weighted by atomic mass is 16.6. The van der Waals surface area contributed by atoms with Crippen molar-refractivity contribution in [3.63, 3.8) is 0 Å². The fourth-order valence-corrected chi connectivity index (χ4v) is 8.34. The molecule has 0 N–H and O–H groups in total. The molecule has 5 aromatic rings. The molecule has 3 aliphatic heterocycles. The molecule has 1 amide bonds. The van der Waals surface area contributed by atoms with Gasteiger partial charge in [-0.15, -0.1) is 0 Å². The van der Waals surface area contributed by atoms with Gasteiger partial charge in [0.15, 0.2) is 0 Å². The summed E-state index contributed by atoms with van der Waals surface area (Å²) in [6, 6.07) is 35.9. The van der Waals surface area contributed by atoms with Gasteiger partial charge in [0.05, 0.1) is 30.8 Å². The Morgan fingerprint density at radius 1 is 0.852 bits per heavy atom. The van der Waals surface area contributed by atoms with E-state index >= 15 is 0 Å². The van der Waals surface area contributed by atoms with Crippen LogP contribution in [0, 0.1) is 18.3 Å². The number of carbonyl (C=O) groups excluding carboxylic acids is 1. The molecular weight excluding hydrogens is 675 g/mol. The van der Waals surface area contributed by atoms with Gasteiger partial charge in [-0.2, -0.15) is 15.2 Å². The third-order valence-corrected chi connectivity index (χ3v) is 11.1. The number of carbonyl (C=O) groups is 1. The van der Waals surface area contributed by atoms with Crippen molar-refractivity contribution in [3.05, 3.63) is 125 Å². The molecule has 2 atom stereocenters. The fourth-order valence-electron chi connectivity index (χ4n) is 8.34. The molecule has 4 heterocycles. The van der Waals surface area contributed by atoms with Gasteiger partial charge < -0.3 is 24.2 Å². The van der Waals surface area contributed by atoms with Gasteiger partial charge >= 0.3 is 12.1 Å². The van der Waals surface area contributed by atoms with E-state index in [-0.39, 0.29) is 25.1 Å². The highest BCUT2D eigenvalue weighted by Gasteiger charge is 2.35. The largest absolute Gasteiger partial charge is 0.462 e. The van der Waals surface area contributed by atoms with E-state index in [2.05, 4.69) is 94.4 Å². The van der Waals surface area contributed by atoms with Crippen LogP contribution in [0.2, 0.25) is 0 Å². The Balaban J connectivity index is 1.06. The number of piperazine rings is 1. The molecule has 0 saturated carbocycles. The van der Waals surface area contributed by atoms with E-state index in [0.29, 0.717) is 38.8 Å². The summed E-state index contributed by atoms with van der Waals surface area (Å²) in [6.45, 7) is 7.71. The zero-order valence-electron chi connectivity index (χ0n) is 30.9. The predicted molar refractivity (Wildman–Crippen MR) is 210 cm³/mol. The average Bonchev–Trinajstić information content (AvgIpc) is 3.66. The number of hydrogen-bond donors (Lipinski definition) is 0. The number of aryl methyl sites for hydroxylation is 1. The van der Waals surface area contributed by atoms with Crippen molar-refractivity contribution >= 4 is 28.4 Å². The van der Waals surface area contributed by atoms with Crippen molar-refractivity contribution in [3.8, 4) is 12.1 Å². The van der Waals surface area contributed by atoms with Gasteiger partial charge in [0, 0.05) is 55.4 Å². The molecule has 3 aliphatic rings. The maximum Gasteiger partial charge on any atom is 0.410 e. The van der Waals surface area contributed by atoms with Crippen LogP contribution in [0.3, 0.4) is 0 Å². The molecule has 276 valence electrons. The zero-order valence-corrected chi connectivity index (χ0v) is 30.9. The summed E-state index contributed by atoms with van der Waals surface area (Å²) in [5, 5.41) is 12.3. The highest BCUT2D eigenvalue weighted by molar-refractivity contribution is 5.97. The first kappa shape index (κ1) is 35.4. The molecule has 0 bridgehead atoms. The number of fused-ring (bicyclic) bond motifs is 2. The van der Waals surface area contributed by atoms with Gasteiger partial charge in [0.2, 0.25) is 0 Å². The average molecular weight is 722 g/mol. The topological polar surface area (TPSA) is 98.1 Å². The third-order valence-electron chi connectivity index (χ3n) is 11.1. The lowest BCUT2D eigenvalue weighted by molar-refractivity contribution is 0.0767. The van der Waals surface area contributed by atoms with Gasteiger partial charge in [-0.1, -0.05) is 91.0 Å². The van der Waals surface area contributed by atoms with Gasteiger partial charge in [-0.05, 0) is 60.9 Å². The summed E-state index contributed by atoms with van der Waals surface area (Å²) in [4.78, 5) is 32.4. The second kappa shape index (κ2) is 16.1. The van der Waals surface area contributed by atoms with Crippen molar-refractivity contribution in [1.29, 1.82) is 5.26 Å². The molecule has 4 aromatic carbocycles. The molecule has 0 unspecified atom stereocenters. The van der Waals surface area contributed by atoms with E-state index in [1.54, 1.807) is 4.90 Å². The Morgan fingerprint density at radius 3 is 2.43 bits per heavy atom. The van der Waals surface area contributed by atoms with E-state index < -0.39 is 6.09 Å². The lowest BCUT2D eigenvalue weighted by Gasteiger charge is -2.42. The van der Waals surface area contributed by atoms with Crippen LogP contribution in [-0.4, -0.2) is 77.3 Å². The predicted octanol–water partition coefficient (Wildman–Crippen LogP) is 7.29. The molecule has 2 fully saturated rings. The molecule has 10 heteroatoms. The smallest absolute Gasteiger partial charge is 0.410 e. The summed E-state index contributed by atoms with van der Waals surface area (Å²) >= 11 is 0. The monoisotopic (exact) mass is 721 g/mol. The number of nitrogens with zero attached hydrogens (tertiary/aromatic N) is 7. The van der Waals surface area contributed by atoms with E-state index in [0.717, 1.165) is 61.5 Å². The zero-order chi connectivity index (χ0) is 36.9. The Labute approximate surface area is 317 Å². The van der Waals surface area contributed by atoms with Crippen molar-refractivity contribution in [2.24, 2.45) is 0 Å². The fraction of sp³-hybridized carbons (Fsp3) is 0.364. The molecule has 10 nitrogen and oxygen atoms in total. The van der Waals surface area contributed by atoms with Crippen LogP contribution in [0.1, 0.15) is 47.2 Å². The summed E-state index contributed by atoms with van der Waals surface area (Å²) < 4.78 is 12.3. The number of amides is 1. The molecule has 8 rings (SSSR count). The van der Waals surface area contributed by atoms with E-state index in [4.69, 9.17) is 19.4 Å². The van der Waals surface area contributed by atoms with Crippen molar-refractivity contribution in [2.75, 3.05) is 49.1 Å². The first-order chi connectivity index (χ1) is 26.5. The van der Waals surface area contributed by atoms with Gasteiger partial charge in [-0.25, -0.2) is 4.79 Å². The molecule has 1 aromatic heterocycles. The van der Waals surface area contributed by atoms with Crippen LogP contribution < -0.4 is 14.5 Å². The maximum atomic E-state index is 13.3. The summed E-state index contributed by atoms with van der Waals surface area (Å²) in [7, 11) is 0. The van der Waals surface area contributed by atoms with Gasteiger partial charge in [-0.3, -0.25) is 4.90 Å². The number of anilines is 2. The molecule has 0 aliphatic carbocycles. The minimum atomic E-state index is -0.398. The molecular formula is C44H47N7O3. The first-order valence-corrected chi connectivity index (χ1v) is 19.2. The number of aromatic nitrogens is 2. The summed E-state index contributed by atoms with van der Waals surface area (Å²) in [5.74, 6) is 0.844. The molecule has 0 spiro atoms. The van der Waals surface area contributed by atoms with E-state index in [1.807, 2.05) is 30.3 Å². The lowest BCUT2D eigenvalue weighted by Crippen LogP contribution is -2.55. The van der Waals surface area contributed by atoms with Crippen LogP contribution in [0.25, 0.3) is 10.8 Å². The quantitative estimate of drug-likeness (QED) is 0.147. The van der Waals surface area contributed by atoms with Crippen LogP contribution in [0.5, 0.6) is 6.01 Å². The SMILES string of the molecule is Cc1cccc2cccc(N3CCc4c(nc(OC[C@@H]5CCCN5Cc5ccccc5)nc4N4CCN(C(=O)OCc5ccccc5)[C@@H](CC#N)C4)C3)c12. The number of benzene rings is 4. The summed E-state index contributed by atoms with van der Waals surface area (Å²) in [5.41, 5.74) is 6.75. The van der Waals surface area contributed by atoms with Crippen LogP contribution >= 0.6 is 0 Å². The maximum absolute atomic E-state index is 13.3. The second-order valence-electron chi connectivity index (χ2n) is 14.6. The van der Waals surface area contributed by atoms with E-state index in [9.17, 15) is 10.1 Å². The lowest BCUT2D eigenvalue weighted by atomic mass is 9.99. The molecule has 2 saturated heterocycles. The minimum Gasteiger partial charge on any atom is -0.462 e. The third kappa shape index (κ3) is 7.68. The van der Waals surface area contributed by atoms with Crippen LogP contribution in [0.4, 0.5) is 16.3 Å². The van der Waals surface area contributed by atoms with Gasteiger partial charge in [0.25, 0.3) is 0 Å². The standard InChI is InChI=1S/C44H47N7O3/c1-32-11-8-16-35-17-9-19-40(41(32)35)49-24-21-38-39(29-49)46-43(53-31-37-18-10-23-48(37)27-33-12-4-2-5-13-33)47-42(38)50-25-26-51(36(28-50)20-22-45)44(52)54-30-34-14-6-3-7-15-34/h2-9,11-17,19,36-37H,10,18,20-21,23-31H2,1H3/t36-,37-/m0/s1. The number of hydrogen-bond acceptors (Lipinski definition) is 9. The Kier molecular flexibility index (Phi) is 10.6. The molecule has 54 heavy (non-hydrogen) atoms. The Morgan fingerprint density at radius 2 is 1.63 bits per heavy atom. The second-order valence-corrected chi connectivity index (χ2v) is 14.6. The van der Waals surface area contributed by atoms with Crippen LogP contribution in [-0.2, 0) is 30.9 Å². The molecule has 0 radical (unpaired) electrons. The Hall–Kier alpha value is -5.66. The Bertz CT molecular complexity index is 2120. The van der Waals surface area contributed by atoms with Crippen molar-refractivity contribution in [1.82, 2.24) is 19.8 Å². The summed E-state index contributed by atoms with van der Waals surface area (Å²) in [6.07, 6.45) is 2.76. The number of ether oxygens (including phenoxy) is 2. The minimum absolute atomic E-state index is 0.190. The first-order valence-electron chi connectivity index (χ1n) is 19.2. The van der Waals surface area contributed by atoms with Crippen molar-refractivity contribution in [2.45, 2.75) is 64.4 Å². The van der Waals surface area contributed by atoms with Crippen LogP contribution in [0.15, 0.2) is 97.1 Å². The number of rotatable bonds is 10. The number of nitriles is 1. The normalized spacial score (nSPS) is 18.7. The van der Waals surface area contributed by atoms with Crippen molar-refractivity contribution < 1.29 is 14.3 Å². The number of likely N-dealkylation sites (tertiary alicyclic amines) is 1. The van der Waals surface area contributed by atoms with Gasteiger partial charge in [0.1, 0.15) is 19.0 Å². The highest BCUT2D eigenvalue weighted by Crippen LogP contribution is 2.36. The van der Waals surface area contributed by atoms with E-state index in [1.165, 1.54) is 27.6 Å².